The van der Waals surface area contributed by atoms with E-state index in [1.54, 1.807) is 42.5 Å². The summed E-state index contributed by atoms with van der Waals surface area (Å²) in [5.74, 6) is -0.407. The summed E-state index contributed by atoms with van der Waals surface area (Å²) < 4.78 is 5.43. The van der Waals surface area contributed by atoms with Crippen molar-refractivity contribution < 1.29 is 19.5 Å². The summed E-state index contributed by atoms with van der Waals surface area (Å²) in [6, 6.07) is 11.9. The zero-order chi connectivity index (χ0) is 19.7. The lowest BCUT2D eigenvalue weighted by Gasteiger charge is -2.40. The molecule has 6 heteroatoms. The van der Waals surface area contributed by atoms with Crippen LogP contribution in [0.3, 0.4) is 0 Å². The minimum absolute atomic E-state index is 0.182. The molecule has 1 aliphatic heterocycles. The van der Waals surface area contributed by atoms with E-state index in [0.717, 1.165) is 12.8 Å². The second kappa shape index (κ2) is 7.83. The van der Waals surface area contributed by atoms with Crippen LogP contribution in [0.4, 0.5) is 5.69 Å². The molecular formula is C22H24N2O4. The van der Waals surface area contributed by atoms with Crippen molar-refractivity contribution in [1.82, 2.24) is 4.90 Å². The van der Waals surface area contributed by atoms with Crippen LogP contribution in [0.5, 0.6) is 0 Å². The zero-order valence-corrected chi connectivity index (χ0v) is 15.9. The highest BCUT2D eigenvalue weighted by atomic mass is 16.5. The van der Waals surface area contributed by atoms with Crippen molar-refractivity contribution in [3.8, 4) is 0 Å². The van der Waals surface area contributed by atoms with Crippen LogP contribution in [-0.4, -0.2) is 54.1 Å². The maximum Gasteiger partial charge on any atom is 0.196 e. The van der Waals surface area contributed by atoms with Crippen LogP contribution in [0.2, 0.25) is 0 Å². The Kier molecular flexibility index (Phi) is 5.26. The molecule has 1 heterocycles. The number of rotatable bonds is 5. The molecule has 2 aliphatic rings. The fraction of sp³-hybridized carbons (Fsp3) is 0.364. The Morgan fingerprint density at radius 2 is 1.64 bits per heavy atom. The largest absolute Gasteiger partial charge is 0.379 e. The fourth-order valence-electron chi connectivity index (χ4n) is 4.07. The minimum Gasteiger partial charge on any atom is -0.379 e. The van der Waals surface area contributed by atoms with E-state index in [1.807, 2.05) is 0 Å². The van der Waals surface area contributed by atoms with Crippen molar-refractivity contribution in [1.29, 1.82) is 0 Å². The maximum absolute atomic E-state index is 13.2. The van der Waals surface area contributed by atoms with E-state index in [-0.39, 0.29) is 23.3 Å². The van der Waals surface area contributed by atoms with E-state index in [0.29, 0.717) is 48.7 Å². The van der Waals surface area contributed by atoms with Crippen LogP contribution in [0.15, 0.2) is 42.5 Å². The third-order valence-electron chi connectivity index (χ3n) is 5.47. The van der Waals surface area contributed by atoms with Crippen LogP contribution in [-0.2, 0) is 4.74 Å². The van der Waals surface area contributed by atoms with Gasteiger partial charge in [-0.25, -0.2) is 5.06 Å². The summed E-state index contributed by atoms with van der Waals surface area (Å²) in [6.07, 6.45) is 1.34. The van der Waals surface area contributed by atoms with Gasteiger partial charge in [0, 0.05) is 29.8 Å². The lowest BCUT2D eigenvalue weighted by molar-refractivity contribution is -0.00731. The Bertz CT molecular complexity index is 905. The van der Waals surface area contributed by atoms with E-state index >= 15 is 0 Å². The highest BCUT2D eigenvalue weighted by molar-refractivity contribution is 6.30. The van der Waals surface area contributed by atoms with E-state index < -0.39 is 0 Å². The Morgan fingerprint density at radius 3 is 2.32 bits per heavy atom. The average Bonchev–Trinajstić information content (AvgIpc) is 2.75. The molecule has 0 saturated carbocycles. The second-order valence-corrected chi connectivity index (χ2v) is 7.17. The van der Waals surface area contributed by atoms with Crippen molar-refractivity contribution in [3.63, 3.8) is 0 Å². The number of morpholine rings is 1. The lowest BCUT2D eigenvalue weighted by Crippen LogP contribution is -2.52. The number of fused-ring (bicyclic) bond motifs is 2. The molecule has 6 nitrogen and oxygen atoms in total. The molecule has 1 aliphatic carbocycles. The molecule has 28 heavy (non-hydrogen) atoms. The van der Waals surface area contributed by atoms with Gasteiger partial charge in [0.15, 0.2) is 11.6 Å². The molecule has 0 aromatic heterocycles. The van der Waals surface area contributed by atoms with Crippen LogP contribution >= 0.6 is 0 Å². The SMILES string of the molecule is CCCC(N1CCOCC1)N(O)c1cccc2c1C(=O)c1ccccc1C2=O. The molecule has 1 N–H and O–H groups in total. The fourth-order valence-corrected chi connectivity index (χ4v) is 4.07. The van der Waals surface area contributed by atoms with Gasteiger partial charge in [-0.05, 0) is 12.5 Å². The molecule has 0 bridgehead atoms. The molecule has 4 rings (SSSR count). The van der Waals surface area contributed by atoms with Gasteiger partial charge in [-0.3, -0.25) is 19.7 Å². The monoisotopic (exact) mass is 380 g/mol. The number of ketones is 2. The van der Waals surface area contributed by atoms with Crippen molar-refractivity contribution >= 4 is 17.3 Å². The third kappa shape index (κ3) is 3.13. The van der Waals surface area contributed by atoms with Crippen molar-refractivity contribution in [2.75, 3.05) is 31.4 Å². The number of benzene rings is 2. The van der Waals surface area contributed by atoms with Crippen molar-refractivity contribution in [2.45, 2.75) is 25.9 Å². The third-order valence-corrected chi connectivity index (χ3v) is 5.47. The highest BCUT2D eigenvalue weighted by Gasteiger charge is 2.35. The quantitative estimate of drug-likeness (QED) is 0.686. The topological polar surface area (TPSA) is 70.1 Å². The normalized spacial score (nSPS) is 17.8. The van der Waals surface area contributed by atoms with Gasteiger partial charge in [-0.15, -0.1) is 0 Å². The number of hydrogen-bond acceptors (Lipinski definition) is 6. The summed E-state index contributed by atoms with van der Waals surface area (Å²) >= 11 is 0. The first-order valence-electron chi connectivity index (χ1n) is 9.74. The Morgan fingerprint density at radius 1 is 1.00 bits per heavy atom. The van der Waals surface area contributed by atoms with E-state index in [9.17, 15) is 14.8 Å². The van der Waals surface area contributed by atoms with Crippen LogP contribution in [0.1, 0.15) is 51.6 Å². The molecule has 0 amide bonds. The van der Waals surface area contributed by atoms with Gasteiger partial charge < -0.3 is 4.74 Å². The highest BCUT2D eigenvalue weighted by Crippen LogP contribution is 2.34. The number of anilines is 1. The van der Waals surface area contributed by atoms with E-state index in [1.165, 1.54) is 5.06 Å². The predicted molar refractivity (Wildman–Crippen MR) is 105 cm³/mol. The molecule has 0 radical (unpaired) electrons. The van der Waals surface area contributed by atoms with Crippen LogP contribution in [0.25, 0.3) is 0 Å². The van der Waals surface area contributed by atoms with Gasteiger partial charge in [-0.1, -0.05) is 49.7 Å². The van der Waals surface area contributed by atoms with Gasteiger partial charge in [0.05, 0.1) is 24.5 Å². The number of hydrogen-bond donors (Lipinski definition) is 1. The molecule has 1 saturated heterocycles. The van der Waals surface area contributed by atoms with E-state index in [2.05, 4.69) is 11.8 Å². The van der Waals surface area contributed by atoms with Crippen molar-refractivity contribution in [3.05, 3.63) is 64.7 Å². The van der Waals surface area contributed by atoms with Crippen molar-refractivity contribution in [2.24, 2.45) is 0 Å². The molecule has 1 unspecified atom stereocenters. The number of carbonyl (C=O) groups excluding carboxylic acids is 2. The van der Waals surface area contributed by atoms with Gasteiger partial charge >= 0.3 is 0 Å². The minimum atomic E-state index is -0.277. The average molecular weight is 380 g/mol. The summed E-state index contributed by atoms with van der Waals surface area (Å²) in [5, 5.41) is 12.3. The molecule has 0 spiro atoms. The first-order valence-corrected chi connectivity index (χ1v) is 9.74. The molecule has 2 aromatic rings. The standard InChI is InChI=1S/C22H24N2O4/c1-2-6-19(23-11-13-28-14-12-23)24(27)18-10-5-9-17-20(18)22(26)16-8-4-3-7-15(16)21(17)25/h3-5,7-10,19,27H,2,6,11-14H2,1H3. The van der Waals surface area contributed by atoms with Gasteiger partial charge in [-0.2, -0.15) is 0 Å². The van der Waals surface area contributed by atoms with E-state index in [4.69, 9.17) is 4.74 Å². The second-order valence-electron chi connectivity index (χ2n) is 7.17. The number of ether oxygens (including phenoxy) is 1. The smallest absolute Gasteiger partial charge is 0.196 e. The Labute approximate surface area is 164 Å². The van der Waals surface area contributed by atoms with Gasteiger partial charge in [0.1, 0.15) is 6.17 Å². The predicted octanol–water partition coefficient (Wildman–Crippen LogP) is 3.12. The van der Waals surface area contributed by atoms with Gasteiger partial charge in [0.25, 0.3) is 0 Å². The maximum atomic E-state index is 13.2. The Balaban J connectivity index is 1.76. The molecular weight excluding hydrogens is 356 g/mol. The number of hydroxylamine groups is 1. The van der Waals surface area contributed by atoms with Crippen LogP contribution in [0, 0.1) is 0 Å². The molecule has 146 valence electrons. The first-order chi connectivity index (χ1) is 13.6. The summed E-state index contributed by atoms with van der Waals surface area (Å²) in [5.41, 5.74) is 1.81. The molecule has 2 aromatic carbocycles. The zero-order valence-electron chi connectivity index (χ0n) is 15.9. The number of carbonyl (C=O) groups is 2. The molecule has 1 fully saturated rings. The Hall–Kier alpha value is -2.54. The molecule has 1 atom stereocenters. The summed E-state index contributed by atoms with van der Waals surface area (Å²) in [4.78, 5) is 28.3. The summed E-state index contributed by atoms with van der Waals surface area (Å²) in [7, 11) is 0. The first kappa shape index (κ1) is 18.8. The summed E-state index contributed by atoms with van der Waals surface area (Å²) in [6.45, 7) is 4.73. The van der Waals surface area contributed by atoms with Crippen LogP contribution < -0.4 is 5.06 Å². The lowest BCUT2D eigenvalue weighted by atomic mass is 9.83. The van der Waals surface area contributed by atoms with Gasteiger partial charge in [0.2, 0.25) is 0 Å². The number of nitrogens with zero attached hydrogens (tertiary/aromatic N) is 2.